The molecule has 6 amide bonds. The molecule has 33 heteroatoms. The van der Waals surface area contributed by atoms with Gasteiger partial charge in [0.25, 0.3) is 23.6 Å². The number of aromatic hydroxyl groups is 1. The monoisotopic (exact) mass is 1350 g/mol. The largest absolute Gasteiger partial charge is 0.506 e. The summed E-state index contributed by atoms with van der Waals surface area (Å²) < 4.78 is 5.65. The van der Waals surface area contributed by atoms with Gasteiger partial charge in [0.1, 0.15) is 89.3 Å². The van der Waals surface area contributed by atoms with Crippen LogP contribution in [0, 0.1) is 6.92 Å². The molecule has 0 saturated carbocycles. The van der Waals surface area contributed by atoms with Gasteiger partial charge in [-0.05, 0) is 57.1 Å². The summed E-state index contributed by atoms with van der Waals surface area (Å²) in [5.41, 5.74) is 7.43. The molecule has 0 fully saturated rings. The lowest BCUT2D eigenvalue weighted by atomic mass is 10.1. The van der Waals surface area contributed by atoms with Gasteiger partial charge < -0.3 is 62.3 Å². The van der Waals surface area contributed by atoms with Crippen molar-refractivity contribution < 1.29 is 58.4 Å². The number of benzene rings is 1. The SMILES string of the molecule is C/C=C1\NC(=O)C(C(C)O)NC(=O)c2csc(n2)-c2cc(O)c(-c3nc(C(=O)NC(CSCCN(CC)CC)C(N)=O)cs3)nc2-c2csc(n2)C2CSC(=O)c3[nH]c4cccc(c4c3C)COC(=O)C(O)CC(NC(=O)c3csc1n3)c1nc(cs1)C(=O)N2. The van der Waals surface area contributed by atoms with Gasteiger partial charge in [-0.25, -0.2) is 34.7 Å². The minimum absolute atomic E-state index is 0.0767. The summed E-state index contributed by atoms with van der Waals surface area (Å²) in [5.74, 6) is -5.33. The Morgan fingerprint density at radius 3 is 2.19 bits per heavy atom. The molecular weight excluding hydrogens is 1300 g/mol. The van der Waals surface area contributed by atoms with Crippen LogP contribution in [-0.2, 0) is 25.7 Å². The van der Waals surface area contributed by atoms with Crippen molar-refractivity contribution in [2.75, 3.05) is 36.9 Å². The van der Waals surface area contributed by atoms with E-state index in [1.807, 2.05) is 0 Å². The van der Waals surface area contributed by atoms with Crippen LogP contribution in [-0.4, -0.2) is 163 Å². The predicted octanol–water partition coefficient (Wildman–Crippen LogP) is 5.81. The Labute approximate surface area is 541 Å². The van der Waals surface area contributed by atoms with Crippen molar-refractivity contribution in [3.63, 3.8) is 0 Å². The number of fused-ring (bicyclic) bond motifs is 13. The number of pyridine rings is 1. The number of cyclic esters (lactones) is 1. The molecule has 6 unspecified atom stereocenters. The van der Waals surface area contributed by atoms with Crippen molar-refractivity contribution in [3.05, 3.63) is 112 Å². The minimum atomic E-state index is -1.84. The molecule has 0 radical (unpaired) electrons. The second-order valence-electron chi connectivity index (χ2n) is 20.4. The maximum Gasteiger partial charge on any atom is 0.335 e. The van der Waals surface area contributed by atoms with Crippen LogP contribution in [0.5, 0.6) is 5.75 Å². The molecule has 2 aliphatic heterocycles. The zero-order valence-electron chi connectivity index (χ0n) is 48.5. The number of aryl methyl sites for hydroxylation is 1. The molecule has 12 bridgehead atoms. The Bertz CT molecular complexity index is 4110. The molecule has 11 N–H and O–H groups in total. The topological polar surface area (TPSA) is 389 Å². The summed E-state index contributed by atoms with van der Waals surface area (Å²) in [6.07, 6.45) is -2.28. The van der Waals surface area contributed by atoms with Crippen molar-refractivity contribution in [3.8, 4) is 38.4 Å². The highest BCUT2D eigenvalue weighted by Gasteiger charge is 2.34. The number of carbonyl (C=O) groups is 8. The van der Waals surface area contributed by atoms with Crippen LogP contribution >= 0.6 is 80.2 Å². The van der Waals surface area contributed by atoms with Crippen LogP contribution in [0.1, 0.15) is 125 Å². The standard InChI is InChI=1S/C57H58N14O12S7/c1-6-28-52-66-33(20-87-52)46(76)61-30-15-39(74)56(81)83-16-26-10-9-11-29-40(26)24(4)41(59-29)57(82)90-23-37(63-48(78)34-21-88-53(30)67-34)54-64-31(18-86-54)43-27(51-65-36(19-85-51)49(79)70-42(25(5)72)50(80)60-28)14-38(73)44(69-43)55-68-35(22-89-55)47(77)62-32(45(58)75)17-84-13-12-71(7-2)8-3/h6,9-11,14,18-22,25,30,32,37,39,42,59,72-74H,7-8,12-13,15-17,23H2,1-5H3,(H2,58,75)(H,60,80)(H,61,76)(H,62,77)(H,63,78)(H,70,79)/b28-6-. The van der Waals surface area contributed by atoms with Crippen molar-refractivity contribution in [2.45, 2.75) is 84.0 Å². The van der Waals surface area contributed by atoms with Crippen LogP contribution in [0.3, 0.4) is 0 Å². The van der Waals surface area contributed by atoms with E-state index in [2.05, 4.69) is 70.3 Å². The number of carbonyl (C=O) groups excluding carboxylic acids is 8. The number of aromatic amines is 1. The third-order valence-corrected chi connectivity index (χ3v) is 21.0. The molecule has 0 aliphatic carbocycles. The van der Waals surface area contributed by atoms with E-state index in [-0.39, 0.29) is 100.0 Å². The molecule has 1 aromatic carbocycles. The number of hydrogen-bond acceptors (Lipinski definition) is 26. The number of thioether (sulfide) groups is 2. The van der Waals surface area contributed by atoms with E-state index in [9.17, 15) is 53.7 Å². The zero-order valence-corrected chi connectivity index (χ0v) is 54.2. The lowest BCUT2D eigenvalue weighted by Crippen LogP contribution is -2.52. The average Bonchev–Trinajstić information content (AvgIpc) is 1.68. The number of nitrogens with two attached hydrogens (primary N) is 1. The maximum atomic E-state index is 14.6. The third kappa shape index (κ3) is 14.5. The first-order valence-electron chi connectivity index (χ1n) is 27.8. The number of nitrogens with one attached hydrogen (secondary N) is 6. The van der Waals surface area contributed by atoms with Gasteiger partial charge in [-0.15, -0.1) is 56.7 Å². The van der Waals surface area contributed by atoms with Crippen molar-refractivity contribution in [1.29, 1.82) is 0 Å². The quantitative estimate of drug-likeness (QED) is 0.0509. The molecule has 9 heterocycles. The molecule has 7 aromatic heterocycles. The highest BCUT2D eigenvalue weighted by Crippen LogP contribution is 2.42. The van der Waals surface area contributed by atoms with Gasteiger partial charge in [-0.2, -0.15) is 11.8 Å². The first kappa shape index (κ1) is 65.1. The lowest BCUT2D eigenvalue weighted by molar-refractivity contribution is -0.155. The summed E-state index contributed by atoms with van der Waals surface area (Å²) >= 11 is 7.30. The highest BCUT2D eigenvalue weighted by atomic mass is 32.2. The van der Waals surface area contributed by atoms with Crippen molar-refractivity contribution in [2.24, 2.45) is 5.73 Å². The molecule has 6 atom stereocenters. The van der Waals surface area contributed by atoms with E-state index in [0.717, 1.165) is 88.1 Å². The van der Waals surface area contributed by atoms with Crippen LogP contribution in [0.2, 0.25) is 0 Å². The average molecular weight is 1360 g/mol. The van der Waals surface area contributed by atoms with Crippen LogP contribution in [0.4, 0.5) is 0 Å². The van der Waals surface area contributed by atoms with E-state index in [1.165, 1.54) is 52.3 Å². The number of H-pyrrole nitrogens is 1. The molecule has 8 aromatic rings. The summed E-state index contributed by atoms with van der Waals surface area (Å²) in [6.45, 7) is 10.9. The number of thiazole rings is 5. The molecule has 10 rings (SSSR count). The summed E-state index contributed by atoms with van der Waals surface area (Å²) in [6, 6.07) is 1.66. The minimum Gasteiger partial charge on any atom is -0.506 e. The van der Waals surface area contributed by atoms with Gasteiger partial charge in [-0.3, -0.25) is 33.6 Å². The highest BCUT2D eigenvalue weighted by molar-refractivity contribution is 8.14. The molecular formula is C57H58N14O12S7. The normalized spacial score (nSPS) is 19.0. The van der Waals surface area contributed by atoms with E-state index >= 15 is 0 Å². The fraction of sp³-hybridized carbons (Fsp3) is 0.333. The van der Waals surface area contributed by atoms with E-state index in [0.29, 0.717) is 27.8 Å². The van der Waals surface area contributed by atoms with E-state index in [1.54, 1.807) is 37.4 Å². The number of allylic oxidation sites excluding steroid dienone is 1. The number of esters is 1. The summed E-state index contributed by atoms with van der Waals surface area (Å²) in [7, 11) is 0. The van der Waals surface area contributed by atoms with Crippen molar-refractivity contribution in [1.82, 2.24) is 66.4 Å². The number of aliphatic hydroxyl groups excluding tert-OH is 2. The molecule has 0 spiro atoms. The van der Waals surface area contributed by atoms with Gasteiger partial charge in [0.15, 0.2) is 6.10 Å². The number of ether oxygens (including phenoxy) is 1. The summed E-state index contributed by atoms with van der Waals surface area (Å²) in [4.78, 5) is 145. The molecule has 90 heavy (non-hydrogen) atoms. The summed E-state index contributed by atoms with van der Waals surface area (Å²) in [5, 5.41) is 56.1. The second-order valence-corrected chi connectivity index (χ2v) is 26.9. The number of primary amides is 1. The van der Waals surface area contributed by atoms with Crippen LogP contribution in [0.25, 0.3) is 49.3 Å². The number of rotatable bonds is 12. The third-order valence-electron chi connectivity index (χ3n) is 14.4. The Balaban J connectivity index is 1.07. The van der Waals surface area contributed by atoms with Gasteiger partial charge in [0.2, 0.25) is 16.9 Å². The van der Waals surface area contributed by atoms with E-state index < -0.39 is 95.1 Å². The molecule has 26 nitrogen and oxygen atoms in total. The lowest BCUT2D eigenvalue weighted by Gasteiger charge is -2.21. The smallest absolute Gasteiger partial charge is 0.335 e. The molecule has 470 valence electrons. The molecule has 0 saturated heterocycles. The Hall–Kier alpha value is -7.86. The first-order valence-corrected chi connectivity index (χ1v) is 34.4. The number of amides is 6. The van der Waals surface area contributed by atoms with Gasteiger partial charge in [-0.1, -0.05) is 43.8 Å². The van der Waals surface area contributed by atoms with Gasteiger partial charge >= 0.3 is 5.97 Å². The van der Waals surface area contributed by atoms with Gasteiger partial charge in [0.05, 0.1) is 29.6 Å². The number of aliphatic hydroxyl groups is 2. The Kier molecular flexibility index (Phi) is 20.6. The molecule has 2 aliphatic rings. The van der Waals surface area contributed by atoms with E-state index in [4.69, 9.17) is 20.4 Å². The number of aromatic nitrogens is 7. The maximum absolute atomic E-state index is 14.6. The fourth-order valence-corrected chi connectivity index (χ4v) is 15.7. The van der Waals surface area contributed by atoms with Gasteiger partial charge in [0, 0.05) is 73.6 Å². The Morgan fingerprint density at radius 2 is 1.48 bits per heavy atom. The fourth-order valence-electron chi connectivity index (χ4n) is 9.54. The Morgan fingerprint density at radius 1 is 0.833 bits per heavy atom. The van der Waals surface area contributed by atoms with Crippen LogP contribution < -0.4 is 32.3 Å². The first-order chi connectivity index (χ1) is 43.2. The second kappa shape index (κ2) is 28.5. The predicted molar refractivity (Wildman–Crippen MR) is 344 cm³/mol. The van der Waals surface area contributed by atoms with Crippen molar-refractivity contribution >= 4 is 143 Å². The zero-order chi connectivity index (χ0) is 64.1. The number of hydrogen-bond donors (Lipinski definition) is 10. The van der Waals surface area contributed by atoms with Crippen LogP contribution in [0.15, 0.2) is 57.2 Å². The number of nitrogens with zero attached hydrogens (tertiary/aromatic N) is 7.